The van der Waals surface area contributed by atoms with Crippen molar-refractivity contribution < 1.29 is 17.9 Å². The molecule has 6 heteroatoms. The van der Waals surface area contributed by atoms with Gasteiger partial charge in [0, 0.05) is 17.4 Å². The lowest BCUT2D eigenvalue weighted by Gasteiger charge is -2.11. The molecule has 1 heterocycles. The highest BCUT2D eigenvalue weighted by atomic mass is 32.1. The summed E-state index contributed by atoms with van der Waals surface area (Å²) in [7, 11) is 0. The first-order valence-corrected chi connectivity index (χ1v) is 6.63. The van der Waals surface area contributed by atoms with Crippen molar-refractivity contribution in [1.29, 1.82) is 0 Å². The summed E-state index contributed by atoms with van der Waals surface area (Å²) in [6.45, 7) is 0. The molecule has 0 bridgehead atoms. The number of alkyl halides is 3. The number of hydrogen-bond donors (Lipinski definition) is 0. The van der Waals surface area contributed by atoms with E-state index in [-0.39, 0.29) is 5.75 Å². The molecular formula is C13H9F3NOS. The molecule has 0 atom stereocenters. The van der Waals surface area contributed by atoms with Gasteiger partial charge in [0.1, 0.15) is 10.8 Å². The van der Waals surface area contributed by atoms with E-state index in [1.807, 2.05) is 5.38 Å². The summed E-state index contributed by atoms with van der Waals surface area (Å²) in [6.07, 6.45) is -2.50. The van der Waals surface area contributed by atoms with Crippen LogP contribution in [0.5, 0.6) is 5.75 Å². The third kappa shape index (κ3) is 2.89. The first-order chi connectivity index (χ1) is 9.03. The third-order valence-electron chi connectivity index (χ3n) is 2.78. The summed E-state index contributed by atoms with van der Waals surface area (Å²) in [5.74, 6) is 0.149. The second-order valence-electron chi connectivity index (χ2n) is 4.31. The second-order valence-corrected chi connectivity index (χ2v) is 5.17. The molecule has 0 N–H and O–H groups in total. The van der Waals surface area contributed by atoms with Gasteiger partial charge in [-0.25, -0.2) is 4.98 Å². The predicted molar refractivity (Wildman–Crippen MR) is 65.0 cm³/mol. The lowest BCUT2D eigenvalue weighted by molar-refractivity contribution is -0.274. The lowest BCUT2D eigenvalue weighted by atomic mass is 10.2. The number of rotatable bonds is 3. The molecular weight excluding hydrogens is 275 g/mol. The first kappa shape index (κ1) is 12.5. The lowest BCUT2D eigenvalue weighted by Crippen LogP contribution is -2.17. The van der Waals surface area contributed by atoms with Crippen LogP contribution in [0.2, 0.25) is 0 Å². The molecule has 1 aromatic carbocycles. The van der Waals surface area contributed by atoms with Crippen LogP contribution >= 0.6 is 11.3 Å². The van der Waals surface area contributed by atoms with Gasteiger partial charge >= 0.3 is 6.36 Å². The largest absolute Gasteiger partial charge is 0.573 e. The summed E-state index contributed by atoms with van der Waals surface area (Å²) < 4.78 is 40.9. The van der Waals surface area contributed by atoms with Gasteiger partial charge in [-0.3, -0.25) is 0 Å². The minimum atomic E-state index is -4.72. The fourth-order valence-electron chi connectivity index (χ4n) is 1.77. The summed E-state index contributed by atoms with van der Waals surface area (Å²) in [5.41, 5.74) is 1.29. The van der Waals surface area contributed by atoms with Crippen molar-refractivity contribution in [3.63, 3.8) is 0 Å². The van der Waals surface area contributed by atoms with Crippen molar-refractivity contribution in [1.82, 2.24) is 4.98 Å². The van der Waals surface area contributed by atoms with Crippen molar-refractivity contribution in [2.24, 2.45) is 0 Å². The zero-order chi connectivity index (χ0) is 13.5. The maximum Gasteiger partial charge on any atom is 0.573 e. The van der Waals surface area contributed by atoms with Gasteiger partial charge in [-0.1, -0.05) is 12.1 Å². The molecule has 0 saturated heterocycles. The van der Waals surface area contributed by atoms with Gasteiger partial charge in [0.25, 0.3) is 0 Å². The van der Waals surface area contributed by atoms with E-state index in [4.69, 9.17) is 0 Å². The van der Waals surface area contributed by atoms with Gasteiger partial charge in [-0.05, 0) is 18.9 Å². The average molecular weight is 284 g/mol. The number of hydrogen-bond acceptors (Lipinski definition) is 3. The normalized spacial score (nSPS) is 15.5. The number of para-hydroxylation sites is 1. The van der Waals surface area contributed by atoms with E-state index in [1.54, 1.807) is 12.1 Å². The minimum absolute atomic E-state index is 0.327. The van der Waals surface area contributed by atoms with E-state index in [0.29, 0.717) is 16.5 Å². The fourth-order valence-corrected chi connectivity index (χ4v) is 2.69. The Labute approximate surface area is 111 Å². The Morgan fingerprint density at radius 1 is 1.37 bits per heavy atom. The monoisotopic (exact) mass is 284 g/mol. The number of halogens is 3. The topological polar surface area (TPSA) is 22.1 Å². The second kappa shape index (κ2) is 4.52. The SMILES string of the molecule is FC(F)(F)Oc1[c]cccc1-c1nc(C2CC2)cs1. The number of benzene rings is 1. The molecule has 19 heavy (non-hydrogen) atoms. The molecule has 0 aliphatic heterocycles. The van der Waals surface area contributed by atoms with Crippen molar-refractivity contribution in [2.45, 2.75) is 25.1 Å². The van der Waals surface area contributed by atoms with Crippen LogP contribution in [0.3, 0.4) is 0 Å². The summed E-state index contributed by atoms with van der Waals surface area (Å²) in [6, 6.07) is 7.04. The third-order valence-corrected chi connectivity index (χ3v) is 3.68. The minimum Gasteiger partial charge on any atom is -0.404 e. The molecule has 1 saturated carbocycles. The Morgan fingerprint density at radius 2 is 2.16 bits per heavy atom. The van der Waals surface area contributed by atoms with Crippen molar-refractivity contribution in [2.75, 3.05) is 0 Å². The van der Waals surface area contributed by atoms with Crippen LogP contribution < -0.4 is 4.74 Å². The highest BCUT2D eigenvalue weighted by Crippen LogP contribution is 2.42. The van der Waals surface area contributed by atoms with Crippen LogP contribution in [0.25, 0.3) is 10.6 Å². The maximum atomic E-state index is 12.3. The van der Waals surface area contributed by atoms with Crippen molar-refractivity contribution in [3.05, 3.63) is 35.3 Å². The van der Waals surface area contributed by atoms with Gasteiger partial charge in [0.2, 0.25) is 0 Å². The molecule has 1 aliphatic rings. The Bertz CT molecular complexity index is 590. The molecule has 2 nitrogen and oxygen atoms in total. The highest BCUT2D eigenvalue weighted by Gasteiger charge is 2.33. The van der Waals surface area contributed by atoms with Crippen LogP contribution in [0.15, 0.2) is 23.6 Å². The van der Waals surface area contributed by atoms with Gasteiger partial charge in [-0.2, -0.15) is 0 Å². The number of ether oxygens (including phenoxy) is 1. The van der Waals surface area contributed by atoms with Crippen LogP contribution in [0, 0.1) is 6.07 Å². The van der Waals surface area contributed by atoms with Crippen LogP contribution in [-0.4, -0.2) is 11.3 Å². The van der Waals surface area contributed by atoms with Crippen LogP contribution in [0.4, 0.5) is 13.2 Å². The number of nitrogens with zero attached hydrogens (tertiary/aromatic N) is 1. The molecule has 1 radical (unpaired) electrons. The smallest absolute Gasteiger partial charge is 0.404 e. The first-order valence-electron chi connectivity index (χ1n) is 5.75. The molecule has 1 fully saturated rings. The highest BCUT2D eigenvalue weighted by molar-refractivity contribution is 7.13. The zero-order valence-corrected chi connectivity index (χ0v) is 10.5. The summed E-state index contributed by atoms with van der Waals surface area (Å²) in [5, 5.41) is 2.44. The number of thiazole rings is 1. The average Bonchev–Trinajstić information content (AvgIpc) is 3.07. The van der Waals surface area contributed by atoms with Crippen LogP contribution in [-0.2, 0) is 0 Å². The van der Waals surface area contributed by atoms with Gasteiger partial charge in [0.05, 0.1) is 11.3 Å². The van der Waals surface area contributed by atoms with Gasteiger partial charge < -0.3 is 4.74 Å². The molecule has 2 aromatic rings. The molecule has 99 valence electrons. The predicted octanol–water partition coefficient (Wildman–Crippen LogP) is 4.39. The van der Waals surface area contributed by atoms with E-state index in [2.05, 4.69) is 15.8 Å². The van der Waals surface area contributed by atoms with E-state index < -0.39 is 6.36 Å². The zero-order valence-electron chi connectivity index (χ0n) is 9.70. The Morgan fingerprint density at radius 3 is 2.84 bits per heavy atom. The van der Waals surface area contributed by atoms with Crippen molar-refractivity contribution in [3.8, 4) is 16.3 Å². The molecule has 1 aromatic heterocycles. The molecule has 3 rings (SSSR count). The van der Waals surface area contributed by atoms with Crippen LogP contribution in [0.1, 0.15) is 24.5 Å². The maximum absolute atomic E-state index is 12.3. The van der Waals surface area contributed by atoms with E-state index in [1.165, 1.54) is 17.4 Å². The Kier molecular flexibility index (Phi) is 2.97. The quantitative estimate of drug-likeness (QED) is 0.834. The number of aromatic nitrogens is 1. The fraction of sp³-hybridized carbons (Fsp3) is 0.308. The summed E-state index contributed by atoms with van der Waals surface area (Å²) >= 11 is 1.33. The van der Waals surface area contributed by atoms with Crippen molar-refractivity contribution >= 4 is 11.3 Å². The van der Waals surface area contributed by atoms with Gasteiger partial charge in [-0.15, -0.1) is 24.5 Å². The van der Waals surface area contributed by atoms with Gasteiger partial charge in [0.15, 0.2) is 0 Å². The van der Waals surface area contributed by atoms with E-state index in [0.717, 1.165) is 18.5 Å². The molecule has 0 spiro atoms. The Balaban J connectivity index is 1.94. The van der Waals surface area contributed by atoms with E-state index >= 15 is 0 Å². The standard InChI is InChI=1S/C13H9F3NOS/c14-13(15,16)18-11-4-2-1-3-9(11)12-17-10(7-19-12)8-5-6-8/h1-3,7-8H,5-6H2. The summed E-state index contributed by atoms with van der Waals surface area (Å²) in [4.78, 5) is 4.38. The molecule has 0 amide bonds. The Hall–Kier alpha value is -1.56. The molecule has 0 unspecified atom stereocenters. The van der Waals surface area contributed by atoms with E-state index in [9.17, 15) is 13.2 Å². The molecule has 1 aliphatic carbocycles.